The van der Waals surface area contributed by atoms with Crippen LogP contribution >= 0.6 is 11.3 Å². The minimum Gasteiger partial charge on any atom is -0.355 e. The normalized spacial score (nSPS) is 18.6. The number of anilines is 1. The van der Waals surface area contributed by atoms with Crippen molar-refractivity contribution in [3.8, 4) is 0 Å². The second-order valence-corrected chi connectivity index (χ2v) is 8.41. The van der Waals surface area contributed by atoms with Crippen LogP contribution in [-0.2, 0) is 22.7 Å². The van der Waals surface area contributed by atoms with Crippen molar-refractivity contribution >= 4 is 40.6 Å². The lowest BCUT2D eigenvalue weighted by atomic mass is 10.1. The highest BCUT2D eigenvalue weighted by molar-refractivity contribution is 7.10. The Morgan fingerprint density at radius 2 is 2.23 bits per heavy atom. The number of aryl methyl sites for hydroxylation is 1. The van der Waals surface area contributed by atoms with Crippen LogP contribution in [0.15, 0.2) is 30.3 Å². The average molecular weight is 426 g/mol. The summed E-state index contributed by atoms with van der Waals surface area (Å²) in [4.78, 5) is 43.4. The molecule has 0 unspecified atom stereocenters. The first kappa shape index (κ1) is 20.1. The number of pyridine rings is 1. The van der Waals surface area contributed by atoms with Crippen LogP contribution in [0.25, 0.3) is 5.70 Å². The third-order valence-corrected chi connectivity index (χ3v) is 6.40. The fraction of sp³-hybridized carbons (Fsp3) is 0.333. The van der Waals surface area contributed by atoms with Gasteiger partial charge in [0.25, 0.3) is 0 Å². The Morgan fingerprint density at radius 1 is 1.40 bits per heavy atom. The molecule has 3 N–H and O–H groups in total. The van der Waals surface area contributed by atoms with E-state index in [1.807, 2.05) is 23.3 Å². The monoisotopic (exact) mass is 425 g/mol. The molecular weight excluding hydrogens is 402 g/mol. The molecule has 8 nitrogen and oxygen atoms in total. The minimum absolute atomic E-state index is 0.221. The number of hydrogen-bond donors (Lipinski definition) is 3. The molecule has 9 heteroatoms. The van der Waals surface area contributed by atoms with E-state index in [9.17, 15) is 14.4 Å². The van der Waals surface area contributed by atoms with E-state index in [-0.39, 0.29) is 17.8 Å². The topological polar surface area (TPSA) is 103 Å². The van der Waals surface area contributed by atoms with Crippen molar-refractivity contribution in [1.82, 2.24) is 20.5 Å². The molecule has 1 fully saturated rings. The van der Waals surface area contributed by atoms with Crippen LogP contribution in [0, 0.1) is 6.92 Å². The predicted molar refractivity (Wildman–Crippen MR) is 115 cm³/mol. The molecule has 156 valence electrons. The fourth-order valence-electron chi connectivity index (χ4n) is 3.75. The highest BCUT2D eigenvalue weighted by Crippen LogP contribution is 2.39. The van der Waals surface area contributed by atoms with E-state index in [1.165, 1.54) is 0 Å². The SMILES string of the molecule is C=C1c2csc(CNC(=O)Nc3ccc(C)nc3)c2CN1[C@H]1CCCC(=O)NC1=O. The first-order valence-electron chi connectivity index (χ1n) is 9.78. The fourth-order valence-corrected chi connectivity index (χ4v) is 4.76. The van der Waals surface area contributed by atoms with Gasteiger partial charge in [-0.1, -0.05) is 6.58 Å². The van der Waals surface area contributed by atoms with Crippen LogP contribution in [0.3, 0.4) is 0 Å². The smallest absolute Gasteiger partial charge is 0.319 e. The number of carbonyl (C=O) groups is 3. The first-order chi connectivity index (χ1) is 14.4. The minimum atomic E-state index is -0.403. The summed E-state index contributed by atoms with van der Waals surface area (Å²) >= 11 is 1.56. The van der Waals surface area contributed by atoms with Crippen molar-refractivity contribution in [3.63, 3.8) is 0 Å². The van der Waals surface area contributed by atoms with Gasteiger partial charge in [0.05, 0.1) is 18.4 Å². The van der Waals surface area contributed by atoms with E-state index in [0.29, 0.717) is 38.0 Å². The van der Waals surface area contributed by atoms with Crippen LogP contribution in [0.1, 0.15) is 41.0 Å². The summed E-state index contributed by atoms with van der Waals surface area (Å²) in [6.45, 7) is 6.98. The Hall–Kier alpha value is -3.20. The highest BCUT2D eigenvalue weighted by atomic mass is 32.1. The summed E-state index contributed by atoms with van der Waals surface area (Å²) in [6, 6.07) is 2.92. The van der Waals surface area contributed by atoms with Gasteiger partial charge in [0.1, 0.15) is 6.04 Å². The number of urea groups is 1. The number of amides is 4. The highest BCUT2D eigenvalue weighted by Gasteiger charge is 2.36. The molecule has 2 aromatic heterocycles. The predicted octanol–water partition coefficient (Wildman–Crippen LogP) is 2.75. The summed E-state index contributed by atoms with van der Waals surface area (Å²) in [5, 5.41) is 10.1. The van der Waals surface area contributed by atoms with E-state index >= 15 is 0 Å². The molecule has 0 aromatic carbocycles. The van der Waals surface area contributed by atoms with Crippen LogP contribution in [0.4, 0.5) is 10.5 Å². The van der Waals surface area contributed by atoms with Crippen molar-refractivity contribution in [1.29, 1.82) is 0 Å². The molecule has 1 atom stereocenters. The van der Waals surface area contributed by atoms with Crippen molar-refractivity contribution in [3.05, 3.63) is 52.0 Å². The summed E-state index contributed by atoms with van der Waals surface area (Å²) < 4.78 is 0. The molecule has 0 saturated carbocycles. The Labute approximate surface area is 178 Å². The maximum absolute atomic E-state index is 12.4. The van der Waals surface area contributed by atoms with Gasteiger partial charge in [0, 0.05) is 40.2 Å². The molecule has 4 heterocycles. The lowest BCUT2D eigenvalue weighted by Crippen LogP contribution is -2.44. The third kappa shape index (κ3) is 4.06. The zero-order chi connectivity index (χ0) is 21.3. The van der Waals surface area contributed by atoms with Crippen molar-refractivity contribution in [2.45, 2.75) is 45.3 Å². The number of rotatable bonds is 4. The largest absolute Gasteiger partial charge is 0.355 e. The number of aromatic nitrogens is 1. The van der Waals surface area contributed by atoms with E-state index in [1.54, 1.807) is 23.6 Å². The Kier molecular flexibility index (Phi) is 5.54. The summed E-state index contributed by atoms with van der Waals surface area (Å²) in [5.41, 5.74) is 4.38. The van der Waals surface area contributed by atoms with Gasteiger partial charge in [-0.2, -0.15) is 0 Å². The maximum Gasteiger partial charge on any atom is 0.319 e. The quantitative estimate of drug-likeness (QED) is 0.654. The van der Waals surface area contributed by atoms with Gasteiger partial charge < -0.3 is 15.5 Å². The Bertz CT molecular complexity index is 1010. The summed E-state index contributed by atoms with van der Waals surface area (Å²) in [7, 11) is 0. The second-order valence-electron chi connectivity index (χ2n) is 7.44. The Balaban J connectivity index is 1.40. The van der Waals surface area contributed by atoms with Gasteiger partial charge in [0.15, 0.2) is 0 Å². The molecule has 0 spiro atoms. The van der Waals surface area contributed by atoms with Gasteiger partial charge in [-0.3, -0.25) is 19.9 Å². The van der Waals surface area contributed by atoms with Crippen LogP contribution in [-0.4, -0.2) is 33.8 Å². The number of thiophene rings is 1. The van der Waals surface area contributed by atoms with Gasteiger partial charge in [0.2, 0.25) is 11.8 Å². The number of fused-ring (bicyclic) bond motifs is 1. The lowest BCUT2D eigenvalue weighted by molar-refractivity contribution is -0.131. The van der Waals surface area contributed by atoms with E-state index in [2.05, 4.69) is 27.5 Å². The van der Waals surface area contributed by atoms with Crippen molar-refractivity contribution in [2.24, 2.45) is 0 Å². The van der Waals surface area contributed by atoms with Crippen molar-refractivity contribution < 1.29 is 14.4 Å². The number of hydrogen-bond acceptors (Lipinski definition) is 6. The van der Waals surface area contributed by atoms with Crippen molar-refractivity contribution in [2.75, 3.05) is 5.32 Å². The zero-order valence-corrected chi connectivity index (χ0v) is 17.5. The number of carbonyl (C=O) groups excluding carboxylic acids is 3. The van der Waals surface area contributed by atoms with Gasteiger partial charge in [-0.25, -0.2) is 4.79 Å². The molecule has 1 saturated heterocycles. The standard InChI is InChI=1S/C21H23N5O3S/c1-12-6-7-14(8-22-12)24-21(29)23-9-18-15-10-26(13(2)16(15)11-30-18)17-4-3-5-19(27)25-20(17)28/h6-8,11,17H,2-5,9-10H2,1H3,(H2,23,24,29)(H,25,27,28)/t17-/m0/s1. The van der Waals surface area contributed by atoms with E-state index < -0.39 is 6.04 Å². The maximum atomic E-state index is 12.4. The average Bonchev–Trinajstić information content (AvgIpc) is 3.20. The molecule has 2 aromatic rings. The van der Waals surface area contributed by atoms with E-state index in [4.69, 9.17) is 0 Å². The van der Waals surface area contributed by atoms with Crippen LogP contribution in [0.2, 0.25) is 0 Å². The first-order valence-corrected chi connectivity index (χ1v) is 10.7. The molecule has 0 radical (unpaired) electrons. The lowest BCUT2D eigenvalue weighted by Gasteiger charge is -2.28. The number of nitrogens with one attached hydrogen (secondary N) is 3. The molecule has 0 aliphatic carbocycles. The van der Waals surface area contributed by atoms with Gasteiger partial charge in [-0.15, -0.1) is 11.3 Å². The zero-order valence-electron chi connectivity index (χ0n) is 16.7. The number of nitrogens with zero attached hydrogens (tertiary/aromatic N) is 2. The van der Waals surface area contributed by atoms with Crippen LogP contribution in [0.5, 0.6) is 0 Å². The van der Waals surface area contributed by atoms with Gasteiger partial charge >= 0.3 is 6.03 Å². The molecular formula is C21H23N5O3S. The van der Waals surface area contributed by atoms with E-state index in [0.717, 1.165) is 27.4 Å². The molecule has 4 amide bonds. The summed E-state index contributed by atoms with van der Waals surface area (Å²) in [6.07, 6.45) is 3.26. The molecule has 30 heavy (non-hydrogen) atoms. The van der Waals surface area contributed by atoms with Gasteiger partial charge in [-0.05, 0) is 37.5 Å². The Morgan fingerprint density at radius 3 is 3.00 bits per heavy atom. The molecule has 2 aliphatic rings. The molecule has 0 bridgehead atoms. The number of imide groups is 1. The molecule has 2 aliphatic heterocycles. The molecule has 4 rings (SSSR count). The van der Waals surface area contributed by atoms with Crippen LogP contribution < -0.4 is 16.0 Å². The summed E-state index contributed by atoms with van der Waals surface area (Å²) in [5.74, 6) is -0.487. The second kappa shape index (κ2) is 8.27. The third-order valence-electron chi connectivity index (χ3n) is 5.37.